The Kier molecular flexibility index (Phi) is 4.26. The molecule has 1 aliphatic heterocycles. The highest BCUT2D eigenvalue weighted by molar-refractivity contribution is 6.31. The van der Waals surface area contributed by atoms with Crippen LogP contribution >= 0.6 is 11.6 Å². The van der Waals surface area contributed by atoms with Crippen molar-refractivity contribution in [3.05, 3.63) is 28.8 Å². The van der Waals surface area contributed by atoms with Crippen LogP contribution in [0.5, 0.6) is 5.75 Å². The third-order valence-electron chi connectivity index (χ3n) is 3.13. The molecule has 94 valence electrons. The first-order chi connectivity index (χ1) is 8.19. The van der Waals surface area contributed by atoms with Crippen LogP contribution in [0.3, 0.4) is 0 Å². The van der Waals surface area contributed by atoms with Gasteiger partial charge < -0.3 is 9.84 Å². The highest BCUT2D eigenvalue weighted by atomic mass is 35.5. The predicted octanol–water partition coefficient (Wildman–Crippen LogP) is 2.31. The molecule has 0 aliphatic carbocycles. The fraction of sp³-hybridized carbons (Fsp3) is 0.538. The average Bonchev–Trinajstić information content (AvgIpc) is 2.32. The molecule has 4 heteroatoms. The van der Waals surface area contributed by atoms with Crippen molar-refractivity contribution in [2.45, 2.75) is 25.5 Å². The summed E-state index contributed by atoms with van der Waals surface area (Å²) in [6.45, 7) is 2.56. The number of likely N-dealkylation sites (tertiary alicyclic amines) is 1. The number of benzene rings is 1. The number of nitrogens with zero attached hydrogens (tertiary/aromatic N) is 1. The number of hydrogen-bond acceptors (Lipinski definition) is 3. The van der Waals surface area contributed by atoms with Crippen molar-refractivity contribution in [3.63, 3.8) is 0 Å². The molecule has 3 nitrogen and oxygen atoms in total. The number of piperidine rings is 1. The van der Waals surface area contributed by atoms with E-state index in [0.717, 1.165) is 48.8 Å². The number of methoxy groups -OCH3 is 1. The molecule has 1 saturated heterocycles. The molecule has 0 amide bonds. The van der Waals surface area contributed by atoms with E-state index < -0.39 is 0 Å². The molecule has 0 bridgehead atoms. The van der Waals surface area contributed by atoms with Gasteiger partial charge in [-0.3, -0.25) is 4.90 Å². The van der Waals surface area contributed by atoms with Crippen molar-refractivity contribution in [1.82, 2.24) is 4.90 Å². The van der Waals surface area contributed by atoms with E-state index in [1.807, 2.05) is 18.2 Å². The van der Waals surface area contributed by atoms with Crippen LogP contribution in [0.4, 0.5) is 0 Å². The summed E-state index contributed by atoms with van der Waals surface area (Å²) >= 11 is 6.19. The molecule has 0 spiro atoms. The second-order valence-corrected chi connectivity index (χ2v) is 4.90. The smallest absolute Gasteiger partial charge is 0.120 e. The lowest BCUT2D eigenvalue weighted by atomic mass is 10.1. The Morgan fingerprint density at radius 2 is 2.35 bits per heavy atom. The highest BCUT2D eigenvalue weighted by Crippen LogP contribution is 2.24. The lowest BCUT2D eigenvalue weighted by Gasteiger charge is -2.30. The van der Waals surface area contributed by atoms with Crippen LogP contribution in [-0.2, 0) is 6.54 Å². The summed E-state index contributed by atoms with van der Waals surface area (Å²) in [6.07, 6.45) is 1.77. The Balaban J connectivity index is 2.02. The second kappa shape index (κ2) is 5.71. The van der Waals surface area contributed by atoms with Crippen LogP contribution in [0.25, 0.3) is 0 Å². The van der Waals surface area contributed by atoms with E-state index in [0.29, 0.717) is 0 Å². The maximum atomic E-state index is 9.61. The van der Waals surface area contributed by atoms with Crippen molar-refractivity contribution in [2.24, 2.45) is 0 Å². The van der Waals surface area contributed by atoms with Gasteiger partial charge in [0.2, 0.25) is 0 Å². The summed E-state index contributed by atoms with van der Waals surface area (Å²) in [7, 11) is 1.63. The van der Waals surface area contributed by atoms with Crippen LogP contribution in [0, 0.1) is 0 Å². The van der Waals surface area contributed by atoms with Crippen molar-refractivity contribution >= 4 is 11.6 Å². The molecule has 1 aliphatic rings. The first-order valence-electron chi connectivity index (χ1n) is 5.92. The van der Waals surface area contributed by atoms with Gasteiger partial charge in [0.05, 0.1) is 13.2 Å². The second-order valence-electron chi connectivity index (χ2n) is 4.49. The fourth-order valence-corrected chi connectivity index (χ4v) is 2.43. The first-order valence-corrected chi connectivity index (χ1v) is 6.29. The number of aliphatic hydroxyl groups is 1. The van der Waals surface area contributed by atoms with E-state index in [1.54, 1.807) is 7.11 Å². The van der Waals surface area contributed by atoms with Crippen LogP contribution in [0.15, 0.2) is 18.2 Å². The van der Waals surface area contributed by atoms with Crippen molar-refractivity contribution < 1.29 is 9.84 Å². The van der Waals surface area contributed by atoms with Gasteiger partial charge in [0, 0.05) is 18.1 Å². The summed E-state index contributed by atoms with van der Waals surface area (Å²) in [4.78, 5) is 2.24. The van der Waals surface area contributed by atoms with Crippen LogP contribution in [0.2, 0.25) is 5.02 Å². The number of hydrogen-bond donors (Lipinski definition) is 1. The topological polar surface area (TPSA) is 32.7 Å². The minimum absolute atomic E-state index is 0.194. The summed E-state index contributed by atoms with van der Waals surface area (Å²) in [5, 5.41) is 10.3. The maximum Gasteiger partial charge on any atom is 0.120 e. The van der Waals surface area contributed by atoms with Crippen LogP contribution < -0.4 is 4.74 Å². The van der Waals surface area contributed by atoms with Gasteiger partial charge in [-0.15, -0.1) is 0 Å². The molecule has 0 radical (unpaired) electrons. The fourth-order valence-electron chi connectivity index (χ4n) is 2.20. The van der Waals surface area contributed by atoms with Crippen LogP contribution in [-0.4, -0.2) is 36.3 Å². The molecular formula is C13H18ClNO2. The number of halogens is 1. The molecule has 1 atom stereocenters. The van der Waals surface area contributed by atoms with E-state index in [1.165, 1.54) is 0 Å². The number of aliphatic hydroxyl groups excluding tert-OH is 1. The molecule has 1 fully saturated rings. The van der Waals surface area contributed by atoms with Gasteiger partial charge in [0.1, 0.15) is 5.75 Å². The monoisotopic (exact) mass is 255 g/mol. The first kappa shape index (κ1) is 12.7. The largest absolute Gasteiger partial charge is 0.497 e. The highest BCUT2D eigenvalue weighted by Gasteiger charge is 2.18. The number of β-amino-alcohol motifs (C(OH)–C–C–N with tert-alkyl or cyclic N) is 1. The normalized spacial score (nSPS) is 21.5. The zero-order valence-electron chi connectivity index (χ0n) is 10.0. The van der Waals surface area contributed by atoms with Gasteiger partial charge in [-0.2, -0.15) is 0 Å². The summed E-state index contributed by atoms with van der Waals surface area (Å²) < 4.78 is 5.12. The number of ether oxygens (including phenoxy) is 1. The van der Waals surface area contributed by atoms with Crippen molar-refractivity contribution in [3.8, 4) is 5.75 Å². The Morgan fingerprint density at radius 3 is 3.00 bits per heavy atom. The summed E-state index contributed by atoms with van der Waals surface area (Å²) in [6, 6.07) is 5.74. The molecule has 17 heavy (non-hydrogen) atoms. The molecule has 1 aromatic carbocycles. The van der Waals surface area contributed by atoms with Crippen LogP contribution in [0.1, 0.15) is 18.4 Å². The van der Waals surface area contributed by atoms with Crippen molar-refractivity contribution in [2.75, 3.05) is 20.2 Å². The van der Waals surface area contributed by atoms with Gasteiger partial charge >= 0.3 is 0 Å². The van der Waals surface area contributed by atoms with E-state index in [9.17, 15) is 5.11 Å². The van der Waals surface area contributed by atoms with Crippen molar-refractivity contribution in [1.29, 1.82) is 0 Å². The molecule has 0 aromatic heterocycles. The Hall–Kier alpha value is -0.770. The minimum Gasteiger partial charge on any atom is -0.497 e. The zero-order valence-corrected chi connectivity index (χ0v) is 10.8. The van der Waals surface area contributed by atoms with Gasteiger partial charge in [0.15, 0.2) is 0 Å². The van der Waals surface area contributed by atoms with E-state index in [2.05, 4.69) is 4.90 Å². The standard InChI is InChI=1S/C13H18ClNO2/c1-17-12-5-4-10(13(14)7-12)8-15-6-2-3-11(16)9-15/h4-5,7,11,16H,2-3,6,8-9H2,1H3. The lowest BCUT2D eigenvalue weighted by Crippen LogP contribution is -2.37. The third-order valence-corrected chi connectivity index (χ3v) is 3.49. The Morgan fingerprint density at radius 1 is 1.53 bits per heavy atom. The molecular weight excluding hydrogens is 238 g/mol. The summed E-state index contributed by atoms with van der Waals surface area (Å²) in [5.41, 5.74) is 1.08. The third kappa shape index (κ3) is 3.35. The van der Waals surface area contributed by atoms with Gasteiger partial charge in [-0.25, -0.2) is 0 Å². The van der Waals surface area contributed by atoms with E-state index in [-0.39, 0.29) is 6.10 Å². The molecule has 2 rings (SSSR count). The molecule has 1 unspecified atom stereocenters. The molecule has 1 heterocycles. The average molecular weight is 256 g/mol. The lowest BCUT2D eigenvalue weighted by molar-refractivity contribution is 0.0668. The Labute approximate surface area is 107 Å². The minimum atomic E-state index is -0.194. The molecule has 1 N–H and O–H groups in total. The molecule has 0 saturated carbocycles. The SMILES string of the molecule is COc1ccc(CN2CCCC(O)C2)c(Cl)c1. The van der Waals surface area contributed by atoms with Gasteiger partial charge in [0.25, 0.3) is 0 Å². The summed E-state index contributed by atoms with van der Waals surface area (Å²) in [5.74, 6) is 0.775. The Bertz CT molecular complexity index is 384. The quantitative estimate of drug-likeness (QED) is 0.900. The predicted molar refractivity (Wildman–Crippen MR) is 68.5 cm³/mol. The molecule has 1 aromatic rings. The van der Waals surface area contributed by atoms with Gasteiger partial charge in [-0.05, 0) is 37.1 Å². The zero-order chi connectivity index (χ0) is 12.3. The number of rotatable bonds is 3. The van der Waals surface area contributed by atoms with E-state index in [4.69, 9.17) is 16.3 Å². The van der Waals surface area contributed by atoms with Gasteiger partial charge in [-0.1, -0.05) is 17.7 Å². The van der Waals surface area contributed by atoms with E-state index >= 15 is 0 Å². The maximum absolute atomic E-state index is 9.61.